The van der Waals surface area contributed by atoms with Crippen LogP contribution in [0.15, 0.2) is 58.5 Å². The van der Waals surface area contributed by atoms with Gasteiger partial charge in [-0.3, -0.25) is 18.6 Å². The van der Waals surface area contributed by atoms with Gasteiger partial charge in [0.25, 0.3) is 5.56 Å². The fourth-order valence-electron chi connectivity index (χ4n) is 4.22. The molecule has 1 aliphatic rings. The minimum atomic E-state index is -0.0533. The summed E-state index contributed by atoms with van der Waals surface area (Å²) >= 11 is 1.36. The lowest BCUT2D eigenvalue weighted by molar-refractivity contribution is -0.116. The van der Waals surface area contributed by atoms with E-state index < -0.39 is 0 Å². The van der Waals surface area contributed by atoms with Crippen molar-refractivity contribution in [2.45, 2.75) is 38.4 Å². The molecule has 0 unspecified atom stereocenters. The van der Waals surface area contributed by atoms with Gasteiger partial charge in [0.05, 0.1) is 16.7 Å². The largest absolute Gasteiger partial charge is 0.311 e. The van der Waals surface area contributed by atoms with Crippen LogP contribution in [0.4, 0.5) is 5.69 Å². The minimum Gasteiger partial charge on any atom is -0.311 e. The number of para-hydroxylation sites is 2. The van der Waals surface area contributed by atoms with E-state index in [1.807, 2.05) is 51.8 Å². The Kier molecular flexibility index (Phi) is 5.46. The third kappa shape index (κ3) is 3.58. The van der Waals surface area contributed by atoms with Crippen molar-refractivity contribution in [3.05, 3.63) is 64.4 Å². The molecule has 32 heavy (non-hydrogen) atoms. The van der Waals surface area contributed by atoms with Gasteiger partial charge in [0.2, 0.25) is 11.7 Å². The van der Waals surface area contributed by atoms with Gasteiger partial charge in [0.15, 0.2) is 5.16 Å². The lowest BCUT2D eigenvalue weighted by Gasteiger charge is -2.17. The summed E-state index contributed by atoms with van der Waals surface area (Å²) in [5.74, 6) is 1.30. The highest BCUT2D eigenvalue weighted by molar-refractivity contribution is 7.99. The van der Waals surface area contributed by atoms with Crippen molar-refractivity contribution in [1.29, 1.82) is 0 Å². The number of aromatic nitrogens is 4. The molecule has 0 fully saturated rings. The fourth-order valence-corrected chi connectivity index (χ4v) is 5.03. The molecule has 0 spiro atoms. The van der Waals surface area contributed by atoms with E-state index in [4.69, 9.17) is 0 Å². The predicted octanol–water partition coefficient (Wildman–Crippen LogP) is 3.77. The number of hydrogen-bond acceptors (Lipinski definition) is 5. The van der Waals surface area contributed by atoms with Crippen LogP contribution in [0, 0.1) is 5.92 Å². The molecule has 0 saturated heterocycles. The Morgan fingerprint density at radius 1 is 1.09 bits per heavy atom. The average Bonchev–Trinajstić information content (AvgIpc) is 3.42. The van der Waals surface area contributed by atoms with E-state index in [9.17, 15) is 9.59 Å². The van der Waals surface area contributed by atoms with Gasteiger partial charge in [-0.05, 0) is 42.5 Å². The molecule has 0 radical (unpaired) electrons. The van der Waals surface area contributed by atoms with E-state index in [0.717, 1.165) is 24.0 Å². The van der Waals surface area contributed by atoms with Crippen LogP contribution in [0.3, 0.4) is 0 Å². The zero-order chi connectivity index (χ0) is 22.2. The number of thioether (sulfide) groups is 1. The first-order chi connectivity index (χ1) is 15.5. The summed E-state index contributed by atoms with van der Waals surface area (Å²) in [4.78, 5) is 28.0. The number of fused-ring (bicyclic) bond motifs is 4. The standard InChI is InChI=1S/C24H25N5O2S/c1-16(2)11-13-28-22(31)18-8-4-6-10-20(18)29-23(28)25-26-24(29)32-15-21(30)27-14-12-17-7-3-5-9-19(17)27/h3-10,16H,11-15H2,1-2H3. The van der Waals surface area contributed by atoms with Crippen LogP contribution >= 0.6 is 11.8 Å². The molecule has 7 nitrogen and oxygen atoms in total. The number of benzene rings is 2. The molecule has 2 aromatic heterocycles. The van der Waals surface area contributed by atoms with Gasteiger partial charge in [-0.2, -0.15) is 0 Å². The van der Waals surface area contributed by atoms with E-state index in [1.165, 1.54) is 17.3 Å². The molecule has 1 aliphatic heterocycles. The number of amides is 1. The SMILES string of the molecule is CC(C)CCn1c(=O)c2ccccc2n2c(SCC(=O)N3CCc4ccccc43)nnc12. The summed E-state index contributed by atoms with van der Waals surface area (Å²) in [6.45, 7) is 5.56. The Hall–Kier alpha value is -3.13. The third-order valence-corrected chi connectivity index (χ3v) is 6.83. The van der Waals surface area contributed by atoms with Gasteiger partial charge in [-0.1, -0.05) is 55.9 Å². The van der Waals surface area contributed by atoms with Gasteiger partial charge in [0, 0.05) is 18.8 Å². The summed E-state index contributed by atoms with van der Waals surface area (Å²) in [5, 5.41) is 9.96. The molecule has 8 heteroatoms. The van der Waals surface area contributed by atoms with Crippen molar-refractivity contribution in [2.24, 2.45) is 5.92 Å². The second kappa shape index (κ2) is 8.43. The number of carbonyl (C=O) groups excluding carboxylic acids is 1. The van der Waals surface area contributed by atoms with Gasteiger partial charge in [-0.15, -0.1) is 10.2 Å². The van der Waals surface area contributed by atoms with Gasteiger partial charge >= 0.3 is 0 Å². The number of hydrogen-bond donors (Lipinski definition) is 0. The van der Waals surface area contributed by atoms with E-state index >= 15 is 0 Å². The first-order valence-corrected chi connectivity index (χ1v) is 11.9. The van der Waals surface area contributed by atoms with Crippen LogP contribution in [-0.2, 0) is 17.8 Å². The molecule has 0 saturated carbocycles. The molecule has 1 amide bonds. The summed E-state index contributed by atoms with van der Waals surface area (Å²) in [7, 11) is 0. The first-order valence-electron chi connectivity index (χ1n) is 10.9. The predicted molar refractivity (Wildman–Crippen MR) is 127 cm³/mol. The maximum absolute atomic E-state index is 13.1. The number of carbonyl (C=O) groups is 1. The van der Waals surface area contributed by atoms with Crippen LogP contribution < -0.4 is 10.5 Å². The Morgan fingerprint density at radius 2 is 1.88 bits per heavy atom. The Balaban J connectivity index is 1.49. The fraction of sp³-hybridized carbons (Fsp3) is 0.333. The summed E-state index contributed by atoms with van der Waals surface area (Å²) < 4.78 is 3.62. The average molecular weight is 448 g/mol. The molecule has 3 heterocycles. The van der Waals surface area contributed by atoms with Gasteiger partial charge in [-0.25, -0.2) is 0 Å². The molecule has 0 bridgehead atoms. The molecule has 0 atom stereocenters. The molecular weight excluding hydrogens is 422 g/mol. The van der Waals surface area contributed by atoms with Gasteiger partial charge < -0.3 is 4.90 Å². The maximum atomic E-state index is 13.1. The van der Waals surface area contributed by atoms with E-state index in [0.29, 0.717) is 35.3 Å². The topological polar surface area (TPSA) is 72.5 Å². The zero-order valence-electron chi connectivity index (χ0n) is 18.2. The van der Waals surface area contributed by atoms with E-state index in [1.54, 1.807) is 4.57 Å². The van der Waals surface area contributed by atoms with Crippen molar-refractivity contribution in [2.75, 3.05) is 17.2 Å². The highest BCUT2D eigenvalue weighted by atomic mass is 32.2. The van der Waals surface area contributed by atoms with Crippen molar-refractivity contribution in [1.82, 2.24) is 19.2 Å². The Bertz CT molecular complexity index is 1370. The second-order valence-corrected chi connectivity index (χ2v) is 9.43. The van der Waals surface area contributed by atoms with E-state index in [2.05, 4.69) is 30.1 Å². The van der Waals surface area contributed by atoms with Crippen molar-refractivity contribution in [3.63, 3.8) is 0 Å². The molecule has 5 rings (SSSR count). The van der Waals surface area contributed by atoms with Gasteiger partial charge in [0.1, 0.15) is 0 Å². The van der Waals surface area contributed by atoms with Crippen LogP contribution in [-0.4, -0.2) is 37.4 Å². The molecule has 2 aromatic carbocycles. The molecule has 0 aliphatic carbocycles. The van der Waals surface area contributed by atoms with Crippen molar-refractivity contribution < 1.29 is 4.79 Å². The number of aryl methyl sites for hydroxylation is 1. The van der Waals surface area contributed by atoms with Crippen LogP contribution in [0.1, 0.15) is 25.8 Å². The monoisotopic (exact) mass is 447 g/mol. The van der Waals surface area contributed by atoms with Crippen molar-refractivity contribution >= 4 is 40.0 Å². The smallest absolute Gasteiger partial charge is 0.262 e. The molecule has 0 N–H and O–H groups in total. The molecule has 4 aromatic rings. The van der Waals surface area contributed by atoms with Crippen LogP contribution in [0.2, 0.25) is 0 Å². The lowest BCUT2D eigenvalue weighted by Crippen LogP contribution is -2.30. The quantitative estimate of drug-likeness (QED) is 0.421. The van der Waals surface area contributed by atoms with Crippen LogP contribution in [0.25, 0.3) is 16.7 Å². The normalized spacial score (nSPS) is 13.4. The summed E-state index contributed by atoms with van der Waals surface area (Å²) in [6, 6.07) is 15.6. The maximum Gasteiger partial charge on any atom is 0.262 e. The van der Waals surface area contributed by atoms with Crippen LogP contribution in [0.5, 0.6) is 0 Å². The van der Waals surface area contributed by atoms with E-state index in [-0.39, 0.29) is 17.2 Å². The zero-order valence-corrected chi connectivity index (χ0v) is 19.0. The lowest BCUT2D eigenvalue weighted by atomic mass is 10.1. The Morgan fingerprint density at radius 3 is 2.72 bits per heavy atom. The summed E-state index contributed by atoms with van der Waals surface area (Å²) in [5.41, 5.74) is 2.92. The minimum absolute atomic E-state index is 0.0501. The van der Waals surface area contributed by atoms with Crippen molar-refractivity contribution in [3.8, 4) is 0 Å². The highest BCUT2D eigenvalue weighted by Crippen LogP contribution is 2.29. The number of nitrogens with zero attached hydrogens (tertiary/aromatic N) is 5. The number of rotatable bonds is 6. The second-order valence-electron chi connectivity index (χ2n) is 8.49. The number of anilines is 1. The first kappa shape index (κ1) is 20.8. The Labute approximate surface area is 190 Å². The highest BCUT2D eigenvalue weighted by Gasteiger charge is 2.25. The molecule has 164 valence electrons. The summed E-state index contributed by atoms with van der Waals surface area (Å²) in [6.07, 6.45) is 1.75. The third-order valence-electron chi connectivity index (χ3n) is 5.92. The molecular formula is C24H25N5O2S.